The molecule has 32 heavy (non-hydrogen) atoms. The molecular formula is C24H30N2O6. The maximum Gasteiger partial charge on any atom is 0.290 e. The first-order chi connectivity index (χ1) is 15.6. The predicted molar refractivity (Wildman–Crippen MR) is 121 cm³/mol. The van der Waals surface area contributed by atoms with Crippen molar-refractivity contribution >= 4 is 18.1 Å². The summed E-state index contributed by atoms with van der Waals surface area (Å²) in [6.45, 7) is 5.12. The van der Waals surface area contributed by atoms with Crippen LogP contribution in [0.2, 0.25) is 0 Å². The van der Waals surface area contributed by atoms with E-state index >= 15 is 0 Å². The van der Waals surface area contributed by atoms with Crippen molar-refractivity contribution in [3.05, 3.63) is 53.6 Å². The third-order valence-electron chi connectivity index (χ3n) is 5.55. The van der Waals surface area contributed by atoms with Crippen LogP contribution in [0.3, 0.4) is 0 Å². The zero-order valence-corrected chi connectivity index (χ0v) is 18.3. The summed E-state index contributed by atoms with van der Waals surface area (Å²) >= 11 is 0. The van der Waals surface area contributed by atoms with Crippen LogP contribution in [0.15, 0.2) is 42.5 Å². The lowest BCUT2D eigenvalue weighted by Crippen LogP contribution is -2.37. The lowest BCUT2D eigenvalue weighted by Gasteiger charge is -2.27. The number of carbonyl (C=O) groups is 2. The van der Waals surface area contributed by atoms with Gasteiger partial charge in [0.25, 0.3) is 6.47 Å². The summed E-state index contributed by atoms with van der Waals surface area (Å²) in [5.74, 6) is 1.63. The smallest absolute Gasteiger partial charge is 0.290 e. The van der Waals surface area contributed by atoms with Gasteiger partial charge in [0.2, 0.25) is 5.91 Å². The van der Waals surface area contributed by atoms with Gasteiger partial charge < -0.3 is 24.6 Å². The van der Waals surface area contributed by atoms with Gasteiger partial charge in [0.15, 0.2) is 0 Å². The van der Waals surface area contributed by atoms with E-state index in [1.165, 1.54) is 0 Å². The van der Waals surface area contributed by atoms with E-state index in [0.29, 0.717) is 13.0 Å². The van der Waals surface area contributed by atoms with Crippen molar-refractivity contribution in [2.45, 2.75) is 18.8 Å². The number of nitrogens with zero attached hydrogens (tertiary/aromatic N) is 1. The summed E-state index contributed by atoms with van der Waals surface area (Å²) in [7, 11) is 1.63. The van der Waals surface area contributed by atoms with Crippen LogP contribution in [0.4, 0.5) is 5.69 Å². The van der Waals surface area contributed by atoms with Gasteiger partial charge in [-0.15, -0.1) is 0 Å². The monoisotopic (exact) mass is 442 g/mol. The molecule has 0 radical (unpaired) electrons. The number of hydrogen-bond donors (Lipinski definition) is 2. The molecule has 2 aromatic carbocycles. The number of morpholine rings is 1. The van der Waals surface area contributed by atoms with Crippen LogP contribution in [0, 0.1) is 0 Å². The molecule has 0 bridgehead atoms. The van der Waals surface area contributed by atoms with Gasteiger partial charge in [0.1, 0.15) is 11.5 Å². The van der Waals surface area contributed by atoms with Gasteiger partial charge in [-0.2, -0.15) is 0 Å². The first-order valence-electron chi connectivity index (χ1n) is 10.7. The number of fused-ring (bicyclic) bond motifs is 1. The summed E-state index contributed by atoms with van der Waals surface area (Å²) in [6.07, 6.45) is 1.42. The molecule has 0 spiro atoms. The van der Waals surface area contributed by atoms with Crippen molar-refractivity contribution in [1.29, 1.82) is 0 Å². The van der Waals surface area contributed by atoms with E-state index in [0.717, 1.165) is 67.6 Å². The molecule has 1 amide bonds. The van der Waals surface area contributed by atoms with Gasteiger partial charge in [-0.25, -0.2) is 0 Å². The molecule has 1 saturated heterocycles. The highest BCUT2D eigenvalue weighted by atomic mass is 16.5. The number of amides is 1. The van der Waals surface area contributed by atoms with Gasteiger partial charge in [-0.05, 0) is 35.7 Å². The van der Waals surface area contributed by atoms with Gasteiger partial charge in [-0.3, -0.25) is 14.5 Å². The van der Waals surface area contributed by atoms with Crippen LogP contribution in [0.25, 0.3) is 0 Å². The number of carbonyl (C=O) groups excluding carboxylic acids is 1. The molecule has 1 atom stereocenters. The molecule has 1 fully saturated rings. The third kappa shape index (κ3) is 6.45. The molecule has 2 aromatic rings. The summed E-state index contributed by atoms with van der Waals surface area (Å²) in [6, 6.07) is 14.0. The minimum atomic E-state index is -0.250. The van der Waals surface area contributed by atoms with Crippen molar-refractivity contribution < 1.29 is 28.9 Å². The van der Waals surface area contributed by atoms with Crippen molar-refractivity contribution in [1.82, 2.24) is 4.90 Å². The van der Waals surface area contributed by atoms with Crippen LogP contribution in [0.5, 0.6) is 11.5 Å². The number of methoxy groups -OCH3 is 1. The Balaban J connectivity index is 0.000000913. The number of anilines is 1. The predicted octanol–water partition coefficient (Wildman–Crippen LogP) is 2.97. The van der Waals surface area contributed by atoms with E-state index in [-0.39, 0.29) is 18.3 Å². The largest absolute Gasteiger partial charge is 0.497 e. The number of rotatable bonds is 7. The van der Waals surface area contributed by atoms with Crippen LogP contribution < -0.4 is 14.8 Å². The van der Waals surface area contributed by atoms with E-state index in [1.807, 2.05) is 30.3 Å². The number of nitrogens with one attached hydrogen (secondary N) is 1. The second-order valence-corrected chi connectivity index (χ2v) is 7.59. The fourth-order valence-electron chi connectivity index (χ4n) is 3.99. The number of ether oxygens (including phenoxy) is 3. The normalized spacial score (nSPS) is 17.9. The highest BCUT2D eigenvalue weighted by Gasteiger charge is 2.27. The summed E-state index contributed by atoms with van der Waals surface area (Å²) in [4.78, 5) is 23.0. The first-order valence-corrected chi connectivity index (χ1v) is 10.7. The van der Waals surface area contributed by atoms with E-state index in [4.69, 9.17) is 24.1 Å². The molecule has 1 unspecified atom stereocenters. The second-order valence-electron chi connectivity index (χ2n) is 7.59. The van der Waals surface area contributed by atoms with E-state index in [2.05, 4.69) is 22.3 Å². The Labute approximate surface area is 188 Å². The maximum absolute atomic E-state index is 12.3. The standard InChI is InChI=1S/C23H28N2O4.CH2O2/c1-27-18-6-7-20-21(16-23(26)24-22(20)15-18)17-4-2-5-19(14-17)29-11-3-8-25-9-12-28-13-10-25;2-1-3/h2,4-7,14-15,21H,3,8-13,16H2,1H3,(H,24,26);1H,(H,2,3). The van der Waals surface area contributed by atoms with Gasteiger partial charge >= 0.3 is 0 Å². The van der Waals surface area contributed by atoms with Gasteiger partial charge in [-0.1, -0.05) is 18.2 Å². The molecule has 8 nitrogen and oxygen atoms in total. The van der Waals surface area contributed by atoms with E-state index < -0.39 is 0 Å². The highest BCUT2D eigenvalue weighted by Crippen LogP contribution is 2.39. The molecule has 2 aliphatic heterocycles. The molecule has 172 valence electrons. The Morgan fingerprint density at radius 1 is 1.19 bits per heavy atom. The zero-order chi connectivity index (χ0) is 22.8. The summed E-state index contributed by atoms with van der Waals surface area (Å²) in [5, 5.41) is 9.85. The molecule has 2 aliphatic rings. The van der Waals surface area contributed by atoms with E-state index in [9.17, 15) is 4.79 Å². The zero-order valence-electron chi connectivity index (χ0n) is 18.3. The van der Waals surface area contributed by atoms with Crippen molar-refractivity contribution in [3.8, 4) is 11.5 Å². The van der Waals surface area contributed by atoms with Crippen LogP contribution in [-0.4, -0.2) is 69.0 Å². The number of carboxylic acid groups (broad SMARTS) is 1. The van der Waals surface area contributed by atoms with Crippen molar-refractivity contribution in [2.75, 3.05) is 51.9 Å². The Kier molecular flexibility index (Phi) is 8.89. The van der Waals surface area contributed by atoms with Gasteiger partial charge in [0, 0.05) is 43.7 Å². The second kappa shape index (κ2) is 12.1. The maximum atomic E-state index is 12.3. The quantitative estimate of drug-likeness (QED) is 0.503. The molecular weight excluding hydrogens is 412 g/mol. The average molecular weight is 443 g/mol. The summed E-state index contributed by atoms with van der Waals surface area (Å²) in [5.41, 5.74) is 3.02. The third-order valence-corrected chi connectivity index (χ3v) is 5.55. The molecule has 0 aliphatic carbocycles. The van der Waals surface area contributed by atoms with Crippen LogP contribution in [-0.2, 0) is 14.3 Å². The average Bonchev–Trinajstić information content (AvgIpc) is 2.82. The molecule has 2 N–H and O–H groups in total. The Hall–Kier alpha value is -3.10. The SMILES string of the molecule is COc1ccc2c(c1)NC(=O)CC2c1cccc(OCCCN2CCOCC2)c1.O=CO. The Morgan fingerprint density at radius 2 is 1.97 bits per heavy atom. The molecule has 4 rings (SSSR count). The topological polar surface area (TPSA) is 97.3 Å². The van der Waals surface area contributed by atoms with Crippen LogP contribution >= 0.6 is 0 Å². The highest BCUT2D eigenvalue weighted by molar-refractivity contribution is 5.95. The fourth-order valence-corrected chi connectivity index (χ4v) is 3.99. The molecule has 0 saturated carbocycles. The minimum Gasteiger partial charge on any atom is -0.497 e. The Bertz CT molecular complexity index is 898. The van der Waals surface area contributed by atoms with Crippen molar-refractivity contribution in [2.24, 2.45) is 0 Å². The van der Waals surface area contributed by atoms with Crippen LogP contribution in [0.1, 0.15) is 29.9 Å². The summed E-state index contributed by atoms with van der Waals surface area (Å²) < 4.78 is 16.7. The Morgan fingerprint density at radius 3 is 2.72 bits per heavy atom. The number of benzene rings is 2. The molecule has 8 heteroatoms. The van der Waals surface area contributed by atoms with Gasteiger partial charge in [0.05, 0.1) is 26.9 Å². The fraction of sp³-hybridized carbons (Fsp3) is 0.417. The lowest BCUT2D eigenvalue weighted by molar-refractivity contribution is -0.123. The lowest BCUT2D eigenvalue weighted by atomic mass is 9.84. The first kappa shape index (κ1) is 23.6. The van der Waals surface area contributed by atoms with E-state index in [1.54, 1.807) is 7.11 Å². The molecule has 2 heterocycles. The van der Waals surface area contributed by atoms with Crippen molar-refractivity contribution in [3.63, 3.8) is 0 Å². The minimum absolute atomic E-state index is 0.0153. The number of hydrogen-bond acceptors (Lipinski definition) is 6. The molecule has 0 aromatic heterocycles.